The third-order valence-electron chi connectivity index (χ3n) is 4.81. The fourth-order valence-electron chi connectivity index (χ4n) is 2.98. The zero-order valence-electron chi connectivity index (χ0n) is 13.1. The van der Waals surface area contributed by atoms with Crippen molar-refractivity contribution in [2.24, 2.45) is 5.41 Å². The molecule has 112 valence electrons. The second-order valence-electron chi connectivity index (χ2n) is 6.42. The van der Waals surface area contributed by atoms with Crippen LogP contribution >= 0.6 is 0 Å². The number of aliphatic hydroxyl groups is 1. The molecule has 0 aromatic heterocycles. The van der Waals surface area contributed by atoms with Crippen LogP contribution in [0.25, 0.3) is 0 Å². The van der Waals surface area contributed by atoms with Crippen molar-refractivity contribution in [1.82, 2.24) is 5.32 Å². The first-order valence-corrected chi connectivity index (χ1v) is 7.60. The van der Waals surface area contributed by atoms with E-state index >= 15 is 0 Å². The molecule has 0 amide bonds. The van der Waals surface area contributed by atoms with E-state index in [0.717, 1.165) is 25.1 Å². The van der Waals surface area contributed by atoms with E-state index in [0.29, 0.717) is 0 Å². The highest BCUT2D eigenvalue weighted by molar-refractivity contribution is 5.42. The highest BCUT2D eigenvalue weighted by Gasteiger charge is 2.41. The summed E-state index contributed by atoms with van der Waals surface area (Å²) in [4.78, 5) is 0. The first-order chi connectivity index (χ1) is 9.48. The fraction of sp³-hybridized carbons (Fsp3) is 0.647. The standard InChI is InChI=1S/C17H27NO2/c1-5-17(6-2,12-19)11-18-15-13-9-7-8-10-14(13)20-16(15,3)4/h7-10,15,18-19H,5-6,11-12H2,1-4H3. The highest BCUT2D eigenvalue weighted by Crippen LogP contribution is 2.43. The molecule has 0 bridgehead atoms. The number of hydrogen-bond acceptors (Lipinski definition) is 3. The maximum atomic E-state index is 9.70. The average molecular weight is 277 g/mol. The van der Waals surface area contributed by atoms with Gasteiger partial charge in [0.1, 0.15) is 11.4 Å². The van der Waals surface area contributed by atoms with E-state index in [1.54, 1.807) is 0 Å². The number of para-hydroxylation sites is 1. The van der Waals surface area contributed by atoms with Gasteiger partial charge in [0.25, 0.3) is 0 Å². The number of benzene rings is 1. The Hall–Kier alpha value is -1.06. The van der Waals surface area contributed by atoms with Crippen molar-refractivity contribution in [3.8, 4) is 5.75 Å². The summed E-state index contributed by atoms with van der Waals surface area (Å²) in [5.41, 5.74) is 0.927. The van der Waals surface area contributed by atoms with Gasteiger partial charge < -0.3 is 15.2 Å². The molecule has 1 atom stereocenters. The van der Waals surface area contributed by atoms with Crippen LogP contribution < -0.4 is 10.1 Å². The monoisotopic (exact) mass is 277 g/mol. The molecular formula is C17H27NO2. The van der Waals surface area contributed by atoms with Crippen molar-refractivity contribution in [3.63, 3.8) is 0 Å². The molecule has 1 unspecified atom stereocenters. The molecule has 2 rings (SSSR count). The van der Waals surface area contributed by atoms with Gasteiger partial charge in [-0.3, -0.25) is 0 Å². The van der Waals surface area contributed by atoms with Gasteiger partial charge in [-0.2, -0.15) is 0 Å². The molecule has 0 saturated heterocycles. The Kier molecular flexibility index (Phi) is 4.40. The molecular weight excluding hydrogens is 250 g/mol. The summed E-state index contributed by atoms with van der Waals surface area (Å²) in [5, 5.41) is 13.3. The maximum Gasteiger partial charge on any atom is 0.125 e. The van der Waals surface area contributed by atoms with Gasteiger partial charge in [0.15, 0.2) is 0 Å². The molecule has 1 aromatic carbocycles. The highest BCUT2D eigenvalue weighted by atomic mass is 16.5. The van der Waals surface area contributed by atoms with Gasteiger partial charge in [-0.1, -0.05) is 32.0 Å². The van der Waals surface area contributed by atoms with Crippen molar-refractivity contribution in [2.45, 2.75) is 52.2 Å². The van der Waals surface area contributed by atoms with Crippen molar-refractivity contribution in [3.05, 3.63) is 29.8 Å². The molecule has 1 aliphatic heterocycles. The Bertz CT molecular complexity index is 444. The third-order valence-corrected chi connectivity index (χ3v) is 4.81. The summed E-state index contributed by atoms with van der Waals surface area (Å²) in [6.45, 7) is 9.55. The van der Waals surface area contributed by atoms with Crippen molar-refractivity contribution < 1.29 is 9.84 Å². The topological polar surface area (TPSA) is 41.5 Å². The minimum absolute atomic E-state index is 0.0341. The summed E-state index contributed by atoms with van der Waals surface area (Å²) >= 11 is 0. The Balaban J connectivity index is 2.16. The minimum atomic E-state index is -0.258. The van der Waals surface area contributed by atoms with Crippen molar-refractivity contribution >= 4 is 0 Å². The number of rotatable bonds is 6. The second kappa shape index (κ2) is 5.74. The molecule has 1 aromatic rings. The summed E-state index contributed by atoms with van der Waals surface area (Å²) in [7, 11) is 0. The number of nitrogens with one attached hydrogen (secondary N) is 1. The first-order valence-electron chi connectivity index (χ1n) is 7.60. The molecule has 3 heteroatoms. The molecule has 0 aliphatic carbocycles. The second-order valence-corrected chi connectivity index (χ2v) is 6.42. The normalized spacial score (nSPS) is 20.6. The minimum Gasteiger partial charge on any atom is -0.486 e. The lowest BCUT2D eigenvalue weighted by Gasteiger charge is -2.34. The Morgan fingerprint density at radius 1 is 1.25 bits per heavy atom. The largest absolute Gasteiger partial charge is 0.486 e. The molecule has 0 spiro atoms. The molecule has 0 fully saturated rings. The van der Waals surface area contributed by atoms with Crippen LogP contribution in [0.1, 0.15) is 52.1 Å². The van der Waals surface area contributed by atoms with Crippen LogP contribution in [0.4, 0.5) is 0 Å². The molecule has 0 radical (unpaired) electrons. The van der Waals surface area contributed by atoms with E-state index in [4.69, 9.17) is 4.74 Å². The van der Waals surface area contributed by atoms with Crippen LogP contribution in [0.5, 0.6) is 5.75 Å². The van der Waals surface area contributed by atoms with E-state index in [1.165, 1.54) is 5.56 Å². The van der Waals surface area contributed by atoms with Gasteiger partial charge in [-0.25, -0.2) is 0 Å². The number of fused-ring (bicyclic) bond motifs is 1. The number of hydrogen-bond donors (Lipinski definition) is 2. The SMILES string of the molecule is CCC(CC)(CO)CNC1c2ccccc2OC1(C)C. The summed E-state index contributed by atoms with van der Waals surface area (Å²) in [6, 6.07) is 8.38. The zero-order chi connectivity index (χ0) is 14.8. The van der Waals surface area contributed by atoms with E-state index < -0.39 is 0 Å². The van der Waals surface area contributed by atoms with Crippen LogP contribution in [-0.2, 0) is 0 Å². The smallest absolute Gasteiger partial charge is 0.125 e. The lowest BCUT2D eigenvalue weighted by molar-refractivity contribution is 0.0709. The quantitative estimate of drug-likeness (QED) is 0.838. The molecule has 3 nitrogen and oxygen atoms in total. The van der Waals surface area contributed by atoms with Crippen LogP contribution in [-0.4, -0.2) is 23.9 Å². The van der Waals surface area contributed by atoms with Crippen LogP contribution in [0.3, 0.4) is 0 Å². The molecule has 20 heavy (non-hydrogen) atoms. The van der Waals surface area contributed by atoms with Crippen LogP contribution in [0, 0.1) is 5.41 Å². The number of aliphatic hydroxyl groups excluding tert-OH is 1. The lowest BCUT2D eigenvalue weighted by atomic mass is 9.82. The predicted octanol–water partition coefficient (Wildman–Crippen LogP) is 3.29. The first kappa shape index (κ1) is 15.3. The Morgan fingerprint density at radius 2 is 1.90 bits per heavy atom. The van der Waals surface area contributed by atoms with Gasteiger partial charge >= 0.3 is 0 Å². The summed E-state index contributed by atoms with van der Waals surface area (Å²) in [5.74, 6) is 0.970. The number of ether oxygens (including phenoxy) is 1. The molecule has 0 saturated carbocycles. The van der Waals surface area contributed by atoms with Crippen molar-refractivity contribution in [1.29, 1.82) is 0 Å². The summed E-state index contributed by atoms with van der Waals surface area (Å²) < 4.78 is 6.05. The van der Waals surface area contributed by atoms with Crippen LogP contribution in [0.15, 0.2) is 24.3 Å². The fourth-order valence-corrected chi connectivity index (χ4v) is 2.98. The van der Waals surface area contributed by atoms with Crippen LogP contribution in [0.2, 0.25) is 0 Å². The van der Waals surface area contributed by atoms with Gasteiger partial charge in [-0.15, -0.1) is 0 Å². The summed E-state index contributed by atoms with van der Waals surface area (Å²) in [6.07, 6.45) is 1.95. The predicted molar refractivity (Wildman–Crippen MR) is 82.0 cm³/mol. The Morgan fingerprint density at radius 3 is 2.50 bits per heavy atom. The van der Waals surface area contributed by atoms with Gasteiger partial charge in [0.2, 0.25) is 0 Å². The zero-order valence-corrected chi connectivity index (χ0v) is 13.1. The van der Waals surface area contributed by atoms with Gasteiger partial charge in [0.05, 0.1) is 6.04 Å². The molecule has 1 aliphatic rings. The third kappa shape index (κ3) is 2.70. The van der Waals surface area contributed by atoms with E-state index in [1.807, 2.05) is 12.1 Å². The maximum absolute atomic E-state index is 9.70. The van der Waals surface area contributed by atoms with E-state index in [2.05, 4.69) is 45.1 Å². The molecule has 2 N–H and O–H groups in total. The van der Waals surface area contributed by atoms with Crippen molar-refractivity contribution in [2.75, 3.05) is 13.2 Å². The average Bonchev–Trinajstić information content (AvgIpc) is 2.71. The van der Waals surface area contributed by atoms with Gasteiger partial charge in [-0.05, 0) is 32.8 Å². The lowest BCUT2D eigenvalue weighted by Crippen LogP contribution is -2.44. The molecule has 1 heterocycles. The van der Waals surface area contributed by atoms with E-state index in [-0.39, 0.29) is 23.7 Å². The van der Waals surface area contributed by atoms with E-state index in [9.17, 15) is 5.11 Å². The Labute approximate surface area is 122 Å². The van der Waals surface area contributed by atoms with Gasteiger partial charge in [0, 0.05) is 24.1 Å².